The van der Waals surface area contributed by atoms with Crippen LogP contribution in [0.4, 0.5) is 17.1 Å². The molecular formula is C12H13N3O2. The van der Waals surface area contributed by atoms with Crippen molar-refractivity contribution in [1.29, 1.82) is 0 Å². The molecule has 0 atom stereocenters. The van der Waals surface area contributed by atoms with E-state index in [1.807, 2.05) is 0 Å². The van der Waals surface area contributed by atoms with E-state index in [0.717, 1.165) is 11.4 Å². The molecule has 88 valence electrons. The molecule has 2 aromatic carbocycles. The van der Waals surface area contributed by atoms with Gasteiger partial charge in [0.25, 0.3) is 5.69 Å². The van der Waals surface area contributed by atoms with E-state index < -0.39 is 4.92 Å². The van der Waals surface area contributed by atoms with Crippen LogP contribution in [0.1, 0.15) is 0 Å². The lowest BCUT2D eigenvalue weighted by molar-refractivity contribution is -0.384. The molecule has 0 unspecified atom stereocenters. The van der Waals surface area contributed by atoms with E-state index in [1.54, 1.807) is 42.5 Å². The van der Waals surface area contributed by atoms with Crippen LogP contribution in [0.3, 0.4) is 0 Å². The Morgan fingerprint density at radius 1 is 0.824 bits per heavy atom. The zero-order valence-electron chi connectivity index (χ0n) is 9.11. The van der Waals surface area contributed by atoms with Gasteiger partial charge in [0, 0.05) is 23.5 Å². The average Bonchev–Trinajstić information content (AvgIpc) is 2.35. The molecular weight excluding hydrogens is 218 g/mol. The first-order valence-electron chi connectivity index (χ1n) is 4.90. The second-order valence-electron chi connectivity index (χ2n) is 3.26. The van der Waals surface area contributed by atoms with Gasteiger partial charge in [-0.25, -0.2) is 0 Å². The number of nitrogens with zero attached hydrogens (tertiary/aromatic N) is 1. The summed E-state index contributed by atoms with van der Waals surface area (Å²) in [5.74, 6) is 0. The highest BCUT2D eigenvalue weighted by molar-refractivity contribution is 5.47. The molecule has 5 nitrogen and oxygen atoms in total. The van der Waals surface area contributed by atoms with Gasteiger partial charge in [-0.05, 0) is 24.3 Å². The summed E-state index contributed by atoms with van der Waals surface area (Å²) in [5.41, 5.74) is 12.4. The molecule has 0 aromatic heterocycles. The minimum Gasteiger partial charge on any atom is -0.399 e. The number of nitro benzene ring substituents is 1. The van der Waals surface area contributed by atoms with Crippen LogP contribution < -0.4 is 11.5 Å². The summed E-state index contributed by atoms with van der Waals surface area (Å²) in [6.45, 7) is 0. The number of nitrogen functional groups attached to an aromatic ring is 2. The Labute approximate surface area is 98.8 Å². The Morgan fingerprint density at radius 2 is 1.24 bits per heavy atom. The fraction of sp³-hybridized carbons (Fsp3) is 0. The van der Waals surface area contributed by atoms with Gasteiger partial charge in [0.05, 0.1) is 4.92 Å². The molecule has 0 heterocycles. The number of nitro groups is 1. The number of benzene rings is 2. The van der Waals surface area contributed by atoms with Crippen molar-refractivity contribution < 1.29 is 4.92 Å². The van der Waals surface area contributed by atoms with E-state index in [4.69, 9.17) is 11.5 Å². The summed E-state index contributed by atoms with van der Waals surface area (Å²) < 4.78 is 0. The Morgan fingerprint density at radius 3 is 1.53 bits per heavy atom. The molecule has 0 amide bonds. The fourth-order valence-electron chi connectivity index (χ4n) is 1.05. The average molecular weight is 231 g/mol. The lowest BCUT2D eigenvalue weighted by Gasteiger charge is -1.90. The molecule has 5 heteroatoms. The van der Waals surface area contributed by atoms with Crippen LogP contribution in [-0.4, -0.2) is 4.92 Å². The van der Waals surface area contributed by atoms with Gasteiger partial charge < -0.3 is 11.5 Å². The van der Waals surface area contributed by atoms with Gasteiger partial charge in [-0.1, -0.05) is 18.2 Å². The number of nitrogens with two attached hydrogens (primary N) is 2. The number of non-ortho nitro benzene ring substituents is 1. The van der Waals surface area contributed by atoms with E-state index >= 15 is 0 Å². The normalized spacial score (nSPS) is 8.94. The molecule has 0 saturated carbocycles. The predicted molar refractivity (Wildman–Crippen MR) is 68.4 cm³/mol. The monoisotopic (exact) mass is 231 g/mol. The van der Waals surface area contributed by atoms with Crippen LogP contribution in [-0.2, 0) is 0 Å². The number of para-hydroxylation sites is 1. The van der Waals surface area contributed by atoms with Crippen LogP contribution in [0.15, 0.2) is 54.6 Å². The summed E-state index contributed by atoms with van der Waals surface area (Å²) in [7, 11) is 0. The molecule has 17 heavy (non-hydrogen) atoms. The third-order valence-corrected chi connectivity index (χ3v) is 1.90. The third kappa shape index (κ3) is 4.65. The van der Waals surface area contributed by atoms with Gasteiger partial charge in [-0.15, -0.1) is 0 Å². The van der Waals surface area contributed by atoms with Crippen LogP contribution >= 0.6 is 0 Å². The van der Waals surface area contributed by atoms with Crippen molar-refractivity contribution in [3.8, 4) is 0 Å². The van der Waals surface area contributed by atoms with E-state index in [2.05, 4.69) is 0 Å². The second-order valence-corrected chi connectivity index (χ2v) is 3.26. The van der Waals surface area contributed by atoms with Crippen molar-refractivity contribution >= 4 is 17.1 Å². The predicted octanol–water partition coefficient (Wildman–Crippen LogP) is 2.45. The van der Waals surface area contributed by atoms with E-state index in [0.29, 0.717) is 0 Å². The van der Waals surface area contributed by atoms with Gasteiger partial charge in [0.2, 0.25) is 0 Å². The number of hydrogen-bond donors (Lipinski definition) is 2. The number of rotatable bonds is 1. The van der Waals surface area contributed by atoms with Crippen LogP contribution in [0, 0.1) is 10.1 Å². The van der Waals surface area contributed by atoms with Gasteiger partial charge in [-0.2, -0.15) is 0 Å². The van der Waals surface area contributed by atoms with Crippen molar-refractivity contribution in [2.75, 3.05) is 11.5 Å². The van der Waals surface area contributed by atoms with Crippen molar-refractivity contribution in [2.45, 2.75) is 0 Å². The standard InChI is InChI=1S/C6H8N2.C6H5NO2/c7-5-1-2-6(8)4-3-5;8-7(9)6-4-2-1-3-5-6/h1-4H,7-8H2;1-5H. The fourth-order valence-corrected chi connectivity index (χ4v) is 1.05. The SMILES string of the molecule is Nc1ccc(N)cc1.O=[N+]([O-])c1ccccc1. The van der Waals surface area contributed by atoms with Crippen molar-refractivity contribution in [3.63, 3.8) is 0 Å². The Hall–Kier alpha value is -2.56. The minimum atomic E-state index is -0.417. The molecule has 0 aliphatic rings. The quantitative estimate of drug-likeness (QED) is 0.447. The van der Waals surface area contributed by atoms with Crippen molar-refractivity contribution in [3.05, 3.63) is 64.7 Å². The van der Waals surface area contributed by atoms with Crippen LogP contribution in [0.5, 0.6) is 0 Å². The second kappa shape index (κ2) is 6.12. The van der Waals surface area contributed by atoms with Crippen molar-refractivity contribution in [1.82, 2.24) is 0 Å². The third-order valence-electron chi connectivity index (χ3n) is 1.90. The van der Waals surface area contributed by atoms with Crippen LogP contribution in [0.2, 0.25) is 0 Å². The molecule has 2 aromatic rings. The first kappa shape index (κ1) is 12.5. The largest absolute Gasteiger partial charge is 0.399 e. The van der Waals surface area contributed by atoms with Gasteiger partial charge >= 0.3 is 0 Å². The zero-order valence-corrected chi connectivity index (χ0v) is 9.11. The molecule has 0 saturated heterocycles. The lowest BCUT2D eigenvalue weighted by atomic mass is 10.3. The summed E-state index contributed by atoms with van der Waals surface area (Å²) in [5, 5.41) is 10.0. The molecule has 0 spiro atoms. The van der Waals surface area contributed by atoms with Gasteiger partial charge in [0.15, 0.2) is 0 Å². The lowest BCUT2D eigenvalue weighted by Crippen LogP contribution is -1.86. The van der Waals surface area contributed by atoms with Gasteiger partial charge in [-0.3, -0.25) is 10.1 Å². The van der Waals surface area contributed by atoms with Crippen molar-refractivity contribution in [2.24, 2.45) is 0 Å². The molecule has 2 rings (SSSR count). The zero-order chi connectivity index (χ0) is 12.7. The molecule has 4 N–H and O–H groups in total. The summed E-state index contributed by atoms with van der Waals surface area (Å²) in [6, 6.07) is 15.0. The topological polar surface area (TPSA) is 95.2 Å². The first-order valence-corrected chi connectivity index (χ1v) is 4.90. The number of anilines is 2. The van der Waals surface area contributed by atoms with E-state index in [1.165, 1.54) is 12.1 Å². The van der Waals surface area contributed by atoms with Gasteiger partial charge in [0.1, 0.15) is 0 Å². The maximum atomic E-state index is 10.0. The summed E-state index contributed by atoms with van der Waals surface area (Å²) >= 11 is 0. The molecule has 0 fully saturated rings. The molecule has 0 aliphatic heterocycles. The maximum absolute atomic E-state index is 10.0. The first-order chi connectivity index (χ1) is 8.09. The number of hydrogen-bond acceptors (Lipinski definition) is 4. The highest BCUT2D eigenvalue weighted by Crippen LogP contribution is 2.06. The van der Waals surface area contributed by atoms with E-state index in [9.17, 15) is 10.1 Å². The highest BCUT2D eigenvalue weighted by Gasteiger charge is 1.98. The molecule has 0 bridgehead atoms. The Bertz CT molecular complexity index is 448. The highest BCUT2D eigenvalue weighted by atomic mass is 16.6. The van der Waals surface area contributed by atoms with E-state index in [-0.39, 0.29) is 5.69 Å². The smallest absolute Gasteiger partial charge is 0.269 e. The van der Waals surface area contributed by atoms with Crippen LogP contribution in [0.25, 0.3) is 0 Å². The summed E-state index contributed by atoms with van der Waals surface area (Å²) in [6.07, 6.45) is 0. The Kier molecular flexibility index (Phi) is 4.50. The Balaban J connectivity index is 0.000000171. The summed E-state index contributed by atoms with van der Waals surface area (Å²) in [4.78, 5) is 9.59. The molecule has 0 aliphatic carbocycles. The minimum absolute atomic E-state index is 0.137. The maximum Gasteiger partial charge on any atom is 0.269 e. The molecule has 0 radical (unpaired) electrons.